The van der Waals surface area contributed by atoms with Gasteiger partial charge in [-0.05, 0) is 19.8 Å². The fraction of sp³-hybridized carbons (Fsp3) is 0.929. The third-order valence-electron chi connectivity index (χ3n) is 3.35. The van der Waals surface area contributed by atoms with E-state index in [-0.39, 0.29) is 24.0 Å². The van der Waals surface area contributed by atoms with Crippen molar-refractivity contribution in [2.24, 2.45) is 10.9 Å². The third kappa shape index (κ3) is 7.34. The molecule has 1 fully saturated rings. The quantitative estimate of drug-likeness (QED) is 0.318. The number of nitrogens with zero attached hydrogens (tertiary/aromatic N) is 2. The van der Waals surface area contributed by atoms with Crippen LogP contribution in [0.1, 0.15) is 39.5 Å². The molecule has 1 atom stereocenters. The molecule has 0 amide bonds. The van der Waals surface area contributed by atoms with Gasteiger partial charge in [-0.3, -0.25) is 4.99 Å². The number of unbranched alkanes of at least 4 members (excludes halogenated alkanes) is 2. The summed E-state index contributed by atoms with van der Waals surface area (Å²) >= 11 is 0. The van der Waals surface area contributed by atoms with Crippen molar-refractivity contribution in [3.05, 3.63) is 0 Å². The van der Waals surface area contributed by atoms with Gasteiger partial charge >= 0.3 is 0 Å². The van der Waals surface area contributed by atoms with Crippen LogP contribution in [0.2, 0.25) is 0 Å². The van der Waals surface area contributed by atoms with Crippen LogP contribution in [-0.2, 0) is 4.74 Å². The summed E-state index contributed by atoms with van der Waals surface area (Å²) < 4.78 is 5.24. The molecule has 1 rings (SSSR count). The van der Waals surface area contributed by atoms with Gasteiger partial charge in [0, 0.05) is 39.2 Å². The predicted molar refractivity (Wildman–Crippen MR) is 92.5 cm³/mol. The number of hydrogen-bond donors (Lipinski definition) is 1. The number of hydrogen-bond acceptors (Lipinski definition) is 2. The second kappa shape index (κ2) is 11.8. The van der Waals surface area contributed by atoms with Gasteiger partial charge in [0.25, 0.3) is 0 Å². The van der Waals surface area contributed by atoms with Gasteiger partial charge in [0.1, 0.15) is 0 Å². The fourth-order valence-corrected chi connectivity index (χ4v) is 2.37. The van der Waals surface area contributed by atoms with Crippen molar-refractivity contribution in [2.45, 2.75) is 39.5 Å². The maximum atomic E-state index is 5.24. The predicted octanol–water partition coefficient (Wildman–Crippen LogP) is 2.73. The minimum absolute atomic E-state index is 0. The number of halogens is 1. The minimum atomic E-state index is 0. The zero-order chi connectivity index (χ0) is 13.2. The summed E-state index contributed by atoms with van der Waals surface area (Å²) in [6.45, 7) is 9.29. The van der Waals surface area contributed by atoms with Crippen LogP contribution < -0.4 is 5.32 Å². The standard InChI is InChI=1S/C14H29N3O.HI/c1-4-6-7-9-16-14(15-5-2)17-10-8-13(11-17)12-18-3;/h13H,4-12H2,1-3H3,(H,15,16);1H. The zero-order valence-electron chi connectivity index (χ0n) is 12.7. The maximum absolute atomic E-state index is 5.24. The molecule has 1 saturated heterocycles. The lowest BCUT2D eigenvalue weighted by Crippen LogP contribution is -2.40. The summed E-state index contributed by atoms with van der Waals surface area (Å²) in [6, 6.07) is 0. The molecule has 5 heteroatoms. The Bertz CT molecular complexity index is 249. The van der Waals surface area contributed by atoms with Crippen molar-refractivity contribution in [1.29, 1.82) is 0 Å². The summed E-state index contributed by atoms with van der Waals surface area (Å²) in [4.78, 5) is 7.09. The van der Waals surface area contributed by atoms with E-state index >= 15 is 0 Å². The molecule has 0 aromatic heterocycles. The number of nitrogens with one attached hydrogen (secondary N) is 1. The van der Waals surface area contributed by atoms with Crippen molar-refractivity contribution in [3.8, 4) is 0 Å². The lowest BCUT2D eigenvalue weighted by Gasteiger charge is -2.21. The zero-order valence-corrected chi connectivity index (χ0v) is 15.0. The molecule has 1 N–H and O–H groups in total. The van der Waals surface area contributed by atoms with E-state index in [1.165, 1.54) is 25.7 Å². The minimum Gasteiger partial charge on any atom is -0.384 e. The van der Waals surface area contributed by atoms with E-state index in [0.717, 1.165) is 38.7 Å². The molecule has 0 bridgehead atoms. The van der Waals surface area contributed by atoms with Crippen molar-refractivity contribution in [2.75, 3.05) is 39.9 Å². The highest BCUT2D eigenvalue weighted by Gasteiger charge is 2.24. The molecule has 0 aromatic carbocycles. The number of ether oxygens (including phenoxy) is 1. The number of likely N-dealkylation sites (tertiary alicyclic amines) is 1. The largest absolute Gasteiger partial charge is 0.384 e. The van der Waals surface area contributed by atoms with Gasteiger partial charge in [0.15, 0.2) is 5.96 Å². The lowest BCUT2D eigenvalue weighted by atomic mass is 10.1. The Morgan fingerprint density at radius 1 is 1.37 bits per heavy atom. The normalized spacial score (nSPS) is 19.4. The third-order valence-corrected chi connectivity index (χ3v) is 3.35. The fourth-order valence-electron chi connectivity index (χ4n) is 2.37. The second-order valence-electron chi connectivity index (χ2n) is 5.00. The van der Waals surface area contributed by atoms with Crippen LogP contribution in [0, 0.1) is 5.92 Å². The van der Waals surface area contributed by atoms with Crippen molar-refractivity contribution >= 4 is 29.9 Å². The summed E-state index contributed by atoms with van der Waals surface area (Å²) in [5, 5.41) is 3.40. The van der Waals surface area contributed by atoms with Crippen LogP contribution in [0.15, 0.2) is 4.99 Å². The summed E-state index contributed by atoms with van der Waals surface area (Å²) in [7, 11) is 1.78. The smallest absolute Gasteiger partial charge is 0.193 e. The first-order chi connectivity index (χ1) is 8.81. The number of methoxy groups -OCH3 is 1. The first-order valence-electron chi connectivity index (χ1n) is 7.34. The molecule has 1 aliphatic rings. The van der Waals surface area contributed by atoms with Crippen molar-refractivity contribution in [1.82, 2.24) is 10.2 Å². The molecule has 1 unspecified atom stereocenters. The average molecular weight is 383 g/mol. The number of rotatable bonds is 7. The van der Waals surface area contributed by atoms with Gasteiger partial charge in [0.2, 0.25) is 0 Å². The van der Waals surface area contributed by atoms with Crippen LogP contribution in [0.25, 0.3) is 0 Å². The van der Waals surface area contributed by atoms with Crippen LogP contribution in [0.3, 0.4) is 0 Å². The van der Waals surface area contributed by atoms with Crippen LogP contribution in [-0.4, -0.2) is 50.8 Å². The van der Waals surface area contributed by atoms with Gasteiger partial charge in [-0.1, -0.05) is 19.8 Å². The Kier molecular flexibility index (Phi) is 11.7. The Balaban J connectivity index is 0.00000324. The van der Waals surface area contributed by atoms with Crippen molar-refractivity contribution < 1.29 is 4.74 Å². The number of aliphatic imine (C=N–C) groups is 1. The van der Waals surface area contributed by atoms with Crippen LogP contribution in [0.5, 0.6) is 0 Å². The Labute approximate surface area is 135 Å². The van der Waals surface area contributed by atoms with Gasteiger partial charge < -0.3 is 15.0 Å². The highest BCUT2D eigenvalue weighted by atomic mass is 127. The highest BCUT2D eigenvalue weighted by molar-refractivity contribution is 14.0. The lowest BCUT2D eigenvalue weighted by molar-refractivity contribution is 0.157. The highest BCUT2D eigenvalue weighted by Crippen LogP contribution is 2.16. The Morgan fingerprint density at radius 2 is 2.16 bits per heavy atom. The van der Waals surface area contributed by atoms with E-state index in [9.17, 15) is 0 Å². The molecule has 1 heterocycles. The Hall–Kier alpha value is -0.0400. The summed E-state index contributed by atoms with van der Waals surface area (Å²) in [6.07, 6.45) is 4.94. The van der Waals surface area contributed by atoms with Crippen molar-refractivity contribution in [3.63, 3.8) is 0 Å². The molecular formula is C14H30IN3O. The van der Waals surface area contributed by atoms with Gasteiger partial charge in [-0.25, -0.2) is 0 Å². The topological polar surface area (TPSA) is 36.9 Å². The summed E-state index contributed by atoms with van der Waals surface area (Å²) in [5.41, 5.74) is 0. The maximum Gasteiger partial charge on any atom is 0.193 e. The summed E-state index contributed by atoms with van der Waals surface area (Å²) in [5.74, 6) is 1.75. The van der Waals surface area contributed by atoms with E-state index < -0.39 is 0 Å². The van der Waals surface area contributed by atoms with E-state index in [1.807, 2.05) is 0 Å². The molecule has 114 valence electrons. The molecule has 0 radical (unpaired) electrons. The van der Waals surface area contributed by atoms with Crippen LogP contribution >= 0.6 is 24.0 Å². The van der Waals surface area contributed by atoms with Crippen LogP contribution in [0.4, 0.5) is 0 Å². The molecule has 1 aliphatic heterocycles. The first-order valence-corrected chi connectivity index (χ1v) is 7.34. The van der Waals surface area contributed by atoms with Gasteiger partial charge in [-0.2, -0.15) is 0 Å². The number of guanidine groups is 1. The first kappa shape index (κ1) is 19.0. The monoisotopic (exact) mass is 383 g/mol. The molecular weight excluding hydrogens is 353 g/mol. The van der Waals surface area contributed by atoms with E-state index in [2.05, 4.69) is 24.1 Å². The van der Waals surface area contributed by atoms with E-state index in [1.54, 1.807) is 7.11 Å². The molecule has 0 saturated carbocycles. The average Bonchev–Trinajstić information content (AvgIpc) is 2.82. The van der Waals surface area contributed by atoms with E-state index in [0.29, 0.717) is 5.92 Å². The SMILES string of the molecule is CCCCCN=C(NCC)N1CCC(COC)C1.I. The molecule has 0 aromatic rings. The molecule has 0 aliphatic carbocycles. The van der Waals surface area contributed by atoms with Gasteiger partial charge in [0.05, 0.1) is 6.61 Å². The second-order valence-corrected chi connectivity index (χ2v) is 5.00. The van der Waals surface area contributed by atoms with E-state index in [4.69, 9.17) is 9.73 Å². The Morgan fingerprint density at radius 3 is 2.79 bits per heavy atom. The molecule has 4 nitrogen and oxygen atoms in total. The van der Waals surface area contributed by atoms with Gasteiger partial charge in [-0.15, -0.1) is 24.0 Å². The molecule has 0 spiro atoms. The molecule has 19 heavy (non-hydrogen) atoms.